The predicted octanol–water partition coefficient (Wildman–Crippen LogP) is 2.90. The lowest BCUT2D eigenvalue weighted by Gasteiger charge is -2.11. The van der Waals surface area contributed by atoms with Gasteiger partial charge in [0, 0.05) is 12.8 Å². The number of nitrogens with one attached hydrogen (secondary N) is 1. The number of carbonyl (C=O) groups excluding carboxylic acids is 1. The molecule has 0 aliphatic carbocycles. The summed E-state index contributed by atoms with van der Waals surface area (Å²) in [5, 5.41) is 13.2. The maximum absolute atomic E-state index is 13.5. The highest BCUT2D eigenvalue weighted by Crippen LogP contribution is 2.36. The highest BCUT2D eigenvalue weighted by molar-refractivity contribution is 7.90. The van der Waals surface area contributed by atoms with Gasteiger partial charge in [-0.05, 0) is 24.6 Å². The van der Waals surface area contributed by atoms with Crippen molar-refractivity contribution < 1.29 is 26.4 Å². The van der Waals surface area contributed by atoms with Crippen LogP contribution in [-0.4, -0.2) is 40.4 Å². The van der Waals surface area contributed by atoms with Gasteiger partial charge in [0.1, 0.15) is 5.82 Å². The van der Waals surface area contributed by atoms with E-state index in [-0.39, 0.29) is 23.2 Å². The molecule has 0 amide bonds. The van der Waals surface area contributed by atoms with E-state index in [1.165, 1.54) is 0 Å². The summed E-state index contributed by atoms with van der Waals surface area (Å²) in [4.78, 5) is 12.1. The van der Waals surface area contributed by atoms with Gasteiger partial charge in [0.2, 0.25) is 0 Å². The molecule has 1 N–H and O–H groups in total. The number of sulfone groups is 1. The number of aromatic nitrogens is 4. The summed E-state index contributed by atoms with van der Waals surface area (Å²) in [5.41, 5.74) is -1.27. The molecule has 8 nitrogen and oxygen atoms in total. The Bertz CT molecular complexity index is 1170. The summed E-state index contributed by atoms with van der Waals surface area (Å²) < 4.78 is 64.5. The summed E-state index contributed by atoms with van der Waals surface area (Å²) in [6, 6.07) is 11.1. The molecule has 158 valence electrons. The van der Waals surface area contributed by atoms with E-state index in [2.05, 4.69) is 20.6 Å². The maximum Gasteiger partial charge on any atom is 0.435 e. The van der Waals surface area contributed by atoms with Crippen LogP contribution in [0.2, 0.25) is 0 Å². The zero-order valence-electron chi connectivity index (χ0n) is 15.8. The zero-order chi connectivity index (χ0) is 22.1. The van der Waals surface area contributed by atoms with Crippen LogP contribution in [0.15, 0.2) is 47.5 Å². The number of nitrogens with zero attached hydrogens (tertiary/aromatic N) is 4. The normalized spacial score (nSPS) is 12.0. The maximum atomic E-state index is 13.5. The van der Waals surface area contributed by atoms with Gasteiger partial charge in [0.15, 0.2) is 32.2 Å². The minimum Gasteiger partial charge on any atom is -0.365 e. The van der Waals surface area contributed by atoms with Gasteiger partial charge < -0.3 is 5.32 Å². The van der Waals surface area contributed by atoms with Crippen LogP contribution < -0.4 is 5.32 Å². The number of benzene rings is 1. The first-order valence-electron chi connectivity index (χ1n) is 8.51. The number of alkyl halides is 3. The second kappa shape index (κ2) is 7.86. The quantitative estimate of drug-likeness (QED) is 0.589. The van der Waals surface area contributed by atoms with Gasteiger partial charge in [-0.25, -0.2) is 8.42 Å². The first kappa shape index (κ1) is 21.4. The van der Waals surface area contributed by atoms with Crippen LogP contribution in [0.25, 0.3) is 5.82 Å². The fraction of sp³-hybridized carbons (Fsp3) is 0.222. The average Bonchev–Trinajstić information content (AvgIpc) is 3.07. The van der Waals surface area contributed by atoms with Crippen LogP contribution in [0.4, 0.5) is 19.0 Å². The van der Waals surface area contributed by atoms with Crippen molar-refractivity contribution in [3.8, 4) is 5.82 Å². The molecular formula is C18H16F3N5O3S. The molecule has 2 heterocycles. The third-order valence-electron chi connectivity index (χ3n) is 4.03. The number of Topliss-reactive ketones (excluding diaryl/α,β-unsaturated/α-hetero) is 1. The molecule has 0 atom stereocenters. The third kappa shape index (κ3) is 4.48. The predicted molar refractivity (Wildman–Crippen MR) is 101 cm³/mol. The summed E-state index contributed by atoms with van der Waals surface area (Å²) in [7, 11) is -3.65. The molecule has 3 aromatic rings. The van der Waals surface area contributed by atoms with Crippen molar-refractivity contribution in [1.29, 1.82) is 0 Å². The molecule has 0 aliphatic heterocycles. The van der Waals surface area contributed by atoms with Crippen molar-refractivity contribution in [2.45, 2.75) is 24.7 Å². The Morgan fingerprint density at radius 3 is 2.27 bits per heavy atom. The molecule has 0 aliphatic rings. The fourth-order valence-corrected chi connectivity index (χ4v) is 3.19. The Kier molecular flexibility index (Phi) is 5.61. The summed E-state index contributed by atoms with van der Waals surface area (Å²) in [6.45, 7) is 1.11. The van der Waals surface area contributed by atoms with Crippen LogP contribution in [-0.2, 0) is 22.6 Å². The van der Waals surface area contributed by atoms with Crippen molar-refractivity contribution in [2.75, 3.05) is 11.6 Å². The number of carbonyl (C=O) groups is 1. The molecule has 0 saturated heterocycles. The highest BCUT2D eigenvalue weighted by atomic mass is 32.2. The molecule has 0 radical (unpaired) electrons. The second-order valence-electron chi connectivity index (χ2n) is 6.38. The third-order valence-corrected chi connectivity index (χ3v) is 5.01. The van der Waals surface area contributed by atoms with Gasteiger partial charge in [-0.1, -0.05) is 30.3 Å². The van der Waals surface area contributed by atoms with Crippen molar-refractivity contribution in [2.24, 2.45) is 0 Å². The van der Waals surface area contributed by atoms with Gasteiger partial charge in [-0.2, -0.15) is 23.0 Å². The van der Waals surface area contributed by atoms with Crippen LogP contribution in [0, 0.1) is 0 Å². The van der Waals surface area contributed by atoms with Crippen molar-refractivity contribution in [3.05, 3.63) is 59.3 Å². The molecule has 0 bridgehead atoms. The summed E-state index contributed by atoms with van der Waals surface area (Å²) in [5.74, 6) is -1.25. The zero-order valence-corrected chi connectivity index (χ0v) is 16.6. The topological polar surface area (TPSA) is 107 Å². The van der Waals surface area contributed by atoms with Crippen LogP contribution >= 0.6 is 0 Å². The number of ketones is 1. The van der Waals surface area contributed by atoms with E-state index in [0.717, 1.165) is 35.6 Å². The molecule has 12 heteroatoms. The molecule has 2 aromatic heterocycles. The molecule has 0 spiro atoms. The minimum absolute atomic E-state index is 0.110. The van der Waals surface area contributed by atoms with E-state index in [9.17, 15) is 26.4 Å². The number of halogens is 3. The Morgan fingerprint density at radius 1 is 1.10 bits per heavy atom. The highest BCUT2D eigenvalue weighted by Gasteiger charge is 2.41. The van der Waals surface area contributed by atoms with Crippen molar-refractivity contribution >= 4 is 21.4 Å². The monoisotopic (exact) mass is 439 g/mol. The van der Waals surface area contributed by atoms with Crippen molar-refractivity contribution in [3.63, 3.8) is 0 Å². The van der Waals surface area contributed by atoms with E-state index in [4.69, 9.17) is 0 Å². The van der Waals surface area contributed by atoms with E-state index in [1.807, 2.05) is 0 Å². The molecular weight excluding hydrogens is 423 g/mol. The molecule has 0 saturated carbocycles. The molecule has 30 heavy (non-hydrogen) atoms. The fourth-order valence-electron chi connectivity index (χ4n) is 2.68. The lowest BCUT2D eigenvalue weighted by molar-refractivity contribution is -0.141. The number of hydrogen-bond acceptors (Lipinski definition) is 7. The summed E-state index contributed by atoms with van der Waals surface area (Å²) in [6.07, 6.45) is -3.97. The standard InChI is InChI=1S/C18H16F3N5O3S/c1-11(27)15-16(18(19,20)21)25-26(13-8-9-14(24-23-13)30(2,28)29)17(15)22-10-12-6-4-3-5-7-12/h3-9,22H,10H2,1-2H3. The van der Waals surface area contributed by atoms with Gasteiger partial charge in [-0.3, -0.25) is 4.79 Å². The lowest BCUT2D eigenvalue weighted by atomic mass is 10.1. The second-order valence-corrected chi connectivity index (χ2v) is 8.34. The SMILES string of the molecule is CC(=O)c1c(C(F)(F)F)nn(-c2ccc(S(C)(=O)=O)nn2)c1NCc1ccccc1. The Labute approximate surface area is 169 Å². The van der Waals surface area contributed by atoms with Crippen LogP contribution in [0.3, 0.4) is 0 Å². The van der Waals surface area contributed by atoms with Crippen LogP contribution in [0.1, 0.15) is 28.5 Å². The summed E-state index contributed by atoms with van der Waals surface area (Å²) >= 11 is 0. The number of anilines is 1. The number of hydrogen-bond donors (Lipinski definition) is 1. The Hall–Kier alpha value is -3.28. The van der Waals surface area contributed by atoms with Gasteiger partial charge in [0.05, 0.1) is 5.56 Å². The molecule has 0 unspecified atom stereocenters. The van der Waals surface area contributed by atoms with E-state index < -0.39 is 33.1 Å². The van der Waals surface area contributed by atoms with Gasteiger partial charge >= 0.3 is 6.18 Å². The minimum atomic E-state index is -4.89. The van der Waals surface area contributed by atoms with E-state index >= 15 is 0 Å². The van der Waals surface area contributed by atoms with Gasteiger partial charge in [0.25, 0.3) is 0 Å². The van der Waals surface area contributed by atoms with Gasteiger partial charge in [-0.15, -0.1) is 10.2 Å². The largest absolute Gasteiger partial charge is 0.435 e. The Morgan fingerprint density at radius 2 is 1.77 bits per heavy atom. The first-order valence-corrected chi connectivity index (χ1v) is 10.4. The molecule has 1 aromatic carbocycles. The van der Waals surface area contributed by atoms with Crippen molar-refractivity contribution in [1.82, 2.24) is 20.0 Å². The van der Waals surface area contributed by atoms with E-state index in [0.29, 0.717) is 0 Å². The average molecular weight is 439 g/mol. The van der Waals surface area contributed by atoms with Crippen LogP contribution in [0.5, 0.6) is 0 Å². The lowest BCUT2D eigenvalue weighted by Crippen LogP contribution is -2.12. The number of rotatable bonds is 6. The smallest absolute Gasteiger partial charge is 0.365 e. The molecule has 3 rings (SSSR count). The first-order chi connectivity index (χ1) is 14.0. The van der Waals surface area contributed by atoms with E-state index in [1.54, 1.807) is 30.3 Å². The molecule has 0 fully saturated rings. The Balaban J connectivity index is 2.14.